The van der Waals surface area contributed by atoms with E-state index in [4.69, 9.17) is 19.4 Å². The zero-order valence-corrected chi connectivity index (χ0v) is 16.6. The molecule has 154 valence electrons. The number of nitrogens with zero attached hydrogens (tertiary/aromatic N) is 2. The van der Waals surface area contributed by atoms with Crippen LogP contribution in [0.5, 0.6) is 0 Å². The third kappa shape index (κ3) is 8.26. The molecule has 0 amide bonds. The zero-order chi connectivity index (χ0) is 22.1. The van der Waals surface area contributed by atoms with Crippen LogP contribution in [0, 0.1) is 24.2 Å². The largest absolute Gasteiger partial charge is 0.741 e. The molecule has 0 N–H and O–H groups in total. The first-order valence-corrected chi connectivity index (χ1v) is 9.60. The summed E-state index contributed by atoms with van der Waals surface area (Å²) < 4.78 is 61.0. The Labute approximate surface area is 168 Å². The number of alkyl halides is 3. The van der Waals surface area contributed by atoms with Gasteiger partial charge >= 0.3 is 5.51 Å². The number of benzene rings is 1. The van der Waals surface area contributed by atoms with Gasteiger partial charge in [-0.25, -0.2) is 8.42 Å². The summed E-state index contributed by atoms with van der Waals surface area (Å²) in [5.74, 6) is 9.08. The fraction of sp³-hybridized carbons (Fsp3) is 0.250. The minimum Gasteiger partial charge on any atom is -0.741 e. The van der Waals surface area contributed by atoms with Crippen LogP contribution < -0.4 is 9.47 Å². The summed E-state index contributed by atoms with van der Waals surface area (Å²) in [5, 5.41) is 0. The van der Waals surface area contributed by atoms with Gasteiger partial charge in [-0.2, -0.15) is 17.7 Å². The molecule has 29 heavy (non-hydrogen) atoms. The molecule has 1 aromatic carbocycles. The van der Waals surface area contributed by atoms with Gasteiger partial charge in [-0.1, -0.05) is 5.92 Å². The van der Waals surface area contributed by atoms with Crippen LogP contribution in [-0.4, -0.2) is 32.6 Å². The lowest BCUT2D eigenvalue weighted by atomic mass is 10.2. The summed E-state index contributed by atoms with van der Waals surface area (Å²) in [6, 6.07) is 14.2. The number of terminal acetylenes is 1. The van der Waals surface area contributed by atoms with Gasteiger partial charge in [-0.3, -0.25) is 0 Å². The van der Waals surface area contributed by atoms with Crippen molar-refractivity contribution in [2.24, 2.45) is 0 Å². The molecule has 1 aromatic heterocycles. The van der Waals surface area contributed by atoms with Gasteiger partial charge in [0.25, 0.3) is 5.69 Å². The number of rotatable bonds is 3. The number of hydrogen-bond acceptors (Lipinski definition) is 4. The lowest BCUT2D eigenvalue weighted by Crippen LogP contribution is -2.36. The topological polar surface area (TPSA) is 64.3 Å². The van der Waals surface area contributed by atoms with E-state index in [1.165, 1.54) is 5.69 Å². The van der Waals surface area contributed by atoms with Crippen LogP contribution in [0.15, 0.2) is 48.7 Å². The average Bonchev–Trinajstić information content (AvgIpc) is 2.64. The number of aromatic nitrogens is 1. The van der Waals surface area contributed by atoms with Crippen molar-refractivity contribution < 1.29 is 30.7 Å². The van der Waals surface area contributed by atoms with Crippen LogP contribution in [0.4, 0.5) is 18.9 Å². The predicted octanol–water partition coefficient (Wildman–Crippen LogP) is 2.51. The van der Waals surface area contributed by atoms with Gasteiger partial charge in [0, 0.05) is 43.4 Å². The molecule has 0 aliphatic carbocycles. The SMILES string of the molecule is C#CCC[n+]1ccccc1C#Cc1ccc(N(C)C)cc1.O=S(=O)([O-])C(F)(F)F. The van der Waals surface area contributed by atoms with E-state index in [0.29, 0.717) is 6.42 Å². The molecule has 0 atom stereocenters. The Hall–Kier alpha value is -3.01. The smallest absolute Gasteiger partial charge is 0.485 e. The second kappa shape index (κ2) is 10.5. The average molecular weight is 424 g/mol. The van der Waals surface area contributed by atoms with Gasteiger partial charge in [-0.05, 0) is 30.3 Å². The predicted molar refractivity (Wildman–Crippen MR) is 103 cm³/mol. The second-order valence-corrected chi connectivity index (χ2v) is 7.20. The molecule has 0 saturated carbocycles. The Morgan fingerprint density at radius 3 is 2.17 bits per heavy atom. The van der Waals surface area contributed by atoms with Crippen LogP contribution in [0.2, 0.25) is 0 Å². The van der Waals surface area contributed by atoms with Crippen molar-refractivity contribution in [2.45, 2.75) is 18.5 Å². The minimum atomic E-state index is -6.09. The van der Waals surface area contributed by atoms with Crippen LogP contribution in [-0.2, 0) is 16.7 Å². The molecule has 0 aliphatic rings. The second-order valence-electron chi connectivity index (χ2n) is 5.82. The van der Waals surface area contributed by atoms with Gasteiger partial charge in [0.2, 0.25) is 0 Å². The Morgan fingerprint density at radius 2 is 1.69 bits per heavy atom. The van der Waals surface area contributed by atoms with Crippen LogP contribution in [0.3, 0.4) is 0 Å². The zero-order valence-electron chi connectivity index (χ0n) is 15.8. The number of aryl methyl sites for hydroxylation is 1. The highest BCUT2D eigenvalue weighted by Crippen LogP contribution is 2.20. The Kier molecular flexibility index (Phi) is 8.71. The van der Waals surface area contributed by atoms with Crippen molar-refractivity contribution in [3.8, 4) is 24.2 Å². The van der Waals surface area contributed by atoms with Crippen LogP contribution >= 0.6 is 0 Å². The third-order valence-electron chi connectivity index (χ3n) is 3.44. The number of anilines is 1. The maximum absolute atomic E-state index is 10.7. The van der Waals surface area contributed by atoms with Crippen LogP contribution in [0.25, 0.3) is 0 Å². The summed E-state index contributed by atoms with van der Waals surface area (Å²) >= 11 is 0. The lowest BCUT2D eigenvalue weighted by Gasteiger charge is -2.11. The molecule has 9 heteroatoms. The maximum Gasteiger partial charge on any atom is 0.485 e. The Bertz CT molecular complexity index is 1010. The summed E-state index contributed by atoms with van der Waals surface area (Å²) in [6.07, 6.45) is 8.05. The molecule has 2 aromatic rings. The number of halogens is 3. The van der Waals surface area contributed by atoms with Gasteiger partial charge in [0.15, 0.2) is 22.9 Å². The lowest BCUT2D eigenvalue weighted by molar-refractivity contribution is -0.698. The molecule has 0 bridgehead atoms. The van der Waals surface area contributed by atoms with Crippen molar-refractivity contribution in [3.63, 3.8) is 0 Å². The Balaban J connectivity index is 0.000000447. The molecule has 1 heterocycles. The third-order valence-corrected chi connectivity index (χ3v) is 4.01. The maximum atomic E-state index is 10.7. The Morgan fingerprint density at radius 1 is 1.10 bits per heavy atom. The summed E-state index contributed by atoms with van der Waals surface area (Å²) in [5.41, 5.74) is -2.49. The van der Waals surface area contributed by atoms with Crippen molar-refractivity contribution in [1.82, 2.24) is 0 Å². The standard InChI is InChI=1S/C19H19N2.CHF3O3S/c1-4-5-15-21-16-7-6-8-19(21)14-11-17-9-12-18(13-10-17)20(2)3;2-1(3,4)8(5,6)7/h1,6-10,12-13,16H,5,15H2,2-3H3;(H,5,6,7)/q+1;/p-1. The molecule has 0 aliphatic heterocycles. The fourth-order valence-corrected chi connectivity index (χ4v) is 1.95. The highest BCUT2D eigenvalue weighted by Gasteiger charge is 2.36. The molecular weight excluding hydrogens is 405 g/mol. The van der Waals surface area contributed by atoms with E-state index in [2.05, 4.69) is 39.4 Å². The molecule has 0 spiro atoms. The minimum absolute atomic E-state index is 0.709. The quantitative estimate of drug-likeness (QED) is 0.329. The van der Waals surface area contributed by atoms with E-state index in [1.807, 2.05) is 50.6 Å². The van der Waals surface area contributed by atoms with Crippen LogP contribution in [0.1, 0.15) is 17.7 Å². The fourth-order valence-electron chi connectivity index (χ4n) is 1.95. The number of hydrogen-bond donors (Lipinski definition) is 0. The first-order chi connectivity index (χ1) is 13.5. The monoisotopic (exact) mass is 424 g/mol. The molecule has 5 nitrogen and oxygen atoms in total. The first-order valence-electron chi connectivity index (χ1n) is 8.19. The van der Waals surface area contributed by atoms with Gasteiger partial charge in [0.1, 0.15) is 0 Å². The van der Waals surface area contributed by atoms with Crippen molar-refractivity contribution in [1.29, 1.82) is 0 Å². The van der Waals surface area contributed by atoms with E-state index < -0.39 is 15.6 Å². The van der Waals surface area contributed by atoms with Gasteiger partial charge < -0.3 is 9.45 Å². The summed E-state index contributed by atoms with van der Waals surface area (Å²) in [7, 11) is -2.04. The van der Waals surface area contributed by atoms with Crippen molar-refractivity contribution in [2.75, 3.05) is 19.0 Å². The highest BCUT2D eigenvalue weighted by atomic mass is 32.2. The number of pyridine rings is 1. The van der Waals surface area contributed by atoms with E-state index >= 15 is 0 Å². The van der Waals surface area contributed by atoms with E-state index in [1.54, 1.807) is 0 Å². The van der Waals surface area contributed by atoms with Crippen molar-refractivity contribution >= 4 is 15.8 Å². The first kappa shape index (κ1) is 24.0. The highest BCUT2D eigenvalue weighted by molar-refractivity contribution is 7.86. The molecule has 0 saturated heterocycles. The molecule has 2 rings (SSSR count). The van der Waals surface area contributed by atoms with Gasteiger partial charge in [-0.15, -0.1) is 12.3 Å². The summed E-state index contributed by atoms with van der Waals surface area (Å²) in [6.45, 7) is 0.793. The summed E-state index contributed by atoms with van der Waals surface area (Å²) in [4.78, 5) is 2.07. The van der Waals surface area contributed by atoms with Crippen molar-refractivity contribution in [3.05, 3.63) is 59.9 Å². The van der Waals surface area contributed by atoms with Gasteiger partial charge in [0.05, 0.1) is 6.42 Å². The van der Waals surface area contributed by atoms with E-state index in [9.17, 15) is 13.2 Å². The molecule has 0 radical (unpaired) electrons. The van der Waals surface area contributed by atoms with E-state index in [0.717, 1.165) is 17.8 Å². The normalized spacial score (nSPS) is 10.7. The molecule has 0 unspecified atom stereocenters. The van der Waals surface area contributed by atoms with E-state index in [-0.39, 0.29) is 0 Å². The molecule has 0 fully saturated rings. The molecular formula is C20H19F3N2O3S.